The van der Waals surface area contributed by atoms with Crippen LogP contribution in [0, 0.1) is 5.41 Å². The Balaban J connectivity index is 1.80. The van der Waals surface area contributed by atoms with Crippen molar-refractivity contribution in [3.8, 4) is 0 Å². The molecule has 2 heteroatoms. The number of aromatic nitrogens is 1. The molecule has 0 radical (unpaired) electrons. The van der Waals surface area contributed by atoms with Crippen molar-refractivity contribution in [2.24, 2.45) is 5.41 Å². The Labute approximate surface area is 114 Å². The number of benzene rings is 1. The Morgan fingerprint density at radius 1 is 1.16 bits per heavy atom. The highest BCUT2D eigenvalue weighted by molar-refractivity contribution is 5.37. The van der Waals surface area contributed by atoms with Crippen molar-refractivity contribution in [3.63, 3.8) is 0 Å². The molecular weight excluding hydrogens is 232 g/mol. The highest BCUT2D eigenvalue weighted by atomic mass is 15.0. The van der Waals surface area contributed by atoms with Gasteiger partial charge in [-0.2, -0.15) is 0 Å². The van der Waals surface area contributed by atoms with Crippen LogP contribution < -0.4 is 5.32 Å². The van der Waals surface area contributed by atoms with Crippen LogP contribution in [0.1, 0.15) is 36.7 Å². The minimum Gasteiger partial charge on any atom is -0.304 e. The van der Waals surface area contributed by atoms with E-state index in [1.54, 1.807) is 0 Å². The SMILES string of the molecule is CC1(C)Cc2ccccc2C1NCc1ccccn1. The predicted octanol–water partition coefficient (Wildman–Crippen LogP) is 3.49. The third kappa shape index (κ3) is 2.41. The molecule has 0 aliphatic heterocycles. The molecule has 2 nitrogen and oxygen atoms in total. The van der Waals surface area contributed by atoms with Crippen LogP contribution >= 0.6 is 0 Å². The molecule has 1 unspecified atom stereocenters. The number of pyridine rings is 1. The fourth-order valence-corrected chi connectivity index (χ4v) is 3.09. The van der Waals surface area contributed by atoms with Crippen molar-refractivity contribution in [2.45, 2.75) is 32.9 Å². The summed E-state index contributed by atoms with van der Waals surface area (Å²) in [6.45, 7) is 5.50. The number of hydrogen-bond donors (Lipinski definition) is 1. The van der Waals surface area contributed by atoms with Gasteiger partial charge in [0.15, 0.2) is 0 Å². The zero-order chi connectivity index (χ0) is 13.3. The van der Waals surface area contributed by atoms with Crippen molar-refractivity contribution in [1.29, 1.82) is 0 Å². The fourth-order valence-electron chi connectivity index (χ4n) is 3.09. The van der Waals surface area contributed by atoms with Crippen LogP contribution in [0.3, 0.4) is 0 Å². The van der Waals surface area contributed by atoms with E-state index in [4.69, 9.17) is 0 Å². The van der Waals surface area contributed by atoms with Gasteiger partial charge in [0.1, 0.15) is 0 Å². The summed E-state index contributed by atoms with van der Waals surface area (Å²) in [6.07, 6.45) is 2.99. The zero-order valence-corrected chi connectivity index (χ0v) is 11.6. The highest BCUT2D eigenvalue weighted by Gasteiger charge is 2.38. The van der Waals surface area contributed by atoms with Crippen molar-refractivity contribution in [1.82, 2.24) is 10.3 Å². The summed E-state index contributed by atoms with van der Waals surface area (Å²) in [5, 5.41) is 3.68. The molecule has 1 atom stereocenters. The standard InChI is InChI=1S/C17H20N2/c1-17(2)11-13-7-3-4-9-15(13)16(17)19-12-14-8-5-6-10-18-14/h3-10,16,19H,11-12H2,1-2H3. The monoisotopic (exact) mass is 252 g/mol. The van der Waals surface area contributed by atoms with E-state index in [0.717, 1.165) is 18.7 Å². The third-order valence-corrected chi connectivity index (χ3v) is 4.01. The molecule has 2 aromatic rings. The van der Waals surface area contributed by atoms with Crippen LogP contribution in [0.2, 0.25) is 0 Å². The van der Waals surface area contributed by atoms with Crippen molar-refractivity contribution < 1.29 is 0 Å². The molecule has 1 aliphatic carbocycles. The Kier molecular flexibility index (Phi) is 3.11. The molecule has 0 saturated heterocycles. The van der Waals surface area contributed by atoms with Gasteiger partial charge in [0.25, 0.3) is 0 Å². The summed E-state index contributed by atoms with van der Waals surface area (Å²) in [4.78, 5) is 4.38. The summed E-state index contributed by atoms with van der Waals surface area (Å²) in [5.41, 5.74) is 4.29. The normalized spacial score (nSPS) is 20.2. The van der Waals surface area contributed by atoms with Gasteiger partial charge in [-0.1, -0.05) is 44.2 Å². The largest absolute Gasteiger partial charge is 0.304 e. The molecule has 0 saturated carbocycles. The molecule has 0 spiro atoms. The average Bonchev–Trinajstić information content (AvgIpc) is 2.67. The Hall–Kier alpha value is -1.67. The van der Waals surface area contributed by atoms with Gasteiger partial charge in [-0.05, 0) is 35.1 Å². The third-order valence-electron chi connectivity index (χ3n) is 4.01. The lowest BCUT2D eigenvalue weighted by Gasteiger charge is -2.28. The molecule has 0 amide bonds. The quantitative estimate of drug-likeness (QED) is 0.904. The Morgan fingerprint density at radius 2 is 1.95 bits per heavy atom. The fraction of sp³-hybridized carbons (Fsp3) is 0.353. The van der Waals surface area contributed by atoms with Gasteiger partial charge in [0.05, 0.1) is 5.69 Å². The molecule has 1 heterocycles. The molecule has 1 aromatic heterocycles. The first-order valence-electron chi connectivity index (χ1n) is 6.88. The van der Waals surface area contributed by atoms with Gasteiger partial charge < -0.3 is 5.32 Å². The summed E-state index contributed by atoms with van der Waals surface area (Å²) in [7, 11) is 0. The van der Waals surface area contributed by atoms with Gasteiger partial charge >= 0.3 is 0 Å². The summed E-state index contributed by atoms with van der Waals surface area (Å²) >= 11 is 0. The van der Waals surface area contributed by atoms with Crippen LogP contribution in [-0.2, 0) is 13.0 Å². The van der Waals surface area contributed by atoms with Crippen LogP contribution in [0.15, 0.2) is 48.7 Å². The minimum atomic E-state index is 0.262. The first-order valence-corrected chi connectivity index (χ1v) is 6.88. The number of fused-ring (bicyclic) bond motifs is 1. The van der Waals surface area contributed by atoms with E-state index in [0.29, 0.717) is 6.04 Å². The lowest BCUT2D eigenvalue weighted by molar-refractivity contribution is 0.267. The van der Waals surface area contributed by atoms with Crippen molar-refractivity contribution in [2.75, 3.05) is 0 Å². The second kappa shape index (κ2) is 4.78. The van der Waals surface area contributed by atoms with E-state index in [1.807, 2.05) is 18.3 Å². The number of nitrogens with one attached hydrogen (secondary N) is 1. The Bertz CT molecular complexity index is 560. The van der Waals surface area contributed by atoms with E-state index in [1.165, 1.54) is 11.1 Å². The van der Waals surface area contributed by atoms with Gasteiger partial charge in [0, 0.05) is 18.8 Å². The average molecular weight is 252 g/mol. The van der Waals surface area contributed by atoms with Gasteiger partial charge in [-0.15, -0.1) is 0 Å². The molecule has 1 aliphatic rings. The maximum absolute atomic E-state index is 4.38. The molecule has 3 rings (SSSR count). The van der Waals surface area contributed by atoms with Crippen molar-refractivity contribution in [3.05, 3.63) is 65.5 Å². The number of nitrogens with zero attached hydrogens (tertiary/aromatic N) is 1. The lowest BCUT2D eigenvalue weighted by atomic mass is 9.85. The highest BCUT2D eigenvalue weighted by Crippen LogP contribution is 2.44. The minimum absolute atomic E-state index is 0.262. The number of rotatable bonds is 3. The summed E-state index contributed by atoms with van der Waals surface area (Å²) < 4.78 is 0. The summed E-state index contributed by atoms with van der Waals surface area (Å²) in [5.74, 6) is 0. The van der Waals surface area contributed by atoms with Crippen LogP contribution in [0.4, 0.5) is 0 Å². The van der Waals surface area contributed by atoms with Crippen LogP contribution in [0.25, 0.3) is 0 Å². The number of hydrogen-bond acceptors (Lipinski definition) is 2. The molecular formula is C17H20N2. The molecule has 1 aromatic carbocycles. The second-order valence-corrected chi connectivity index (χ2v) is 6.00. The van der Waals surface area contributed by atoms with Gasteiger partial charge in [-0.3, -0.25) is 4.98 Å². The van der Waals surface area contributed by atoms with Crippen molar-refractivity contribution >= 4 is 0 Å². The second-order valence-electron chi connectivity index (χ2n) is 6.00. The summed E-state index contributed by atoms with van der Waals surface area (Å²) in [6, 6.07) is 15.2. The molecule has 1 N–H and O–H groups in total. The topological polar surface area (TPSA) is 24.9 Å². The van der Waals surface area contributed by atoms with E-state index >= 15 is 0 Å². The smallest absolute Gasteiger partial charge is 0.0541 e. The van der Waals surface area contributed by atoms with E-state index in [2.05, 4.69) is 54.5 Å². The lowest BCUT2D eigenvalue weighted by Crippen LogP contribution is -2.31. The van der Waals surface area contributed by atoms with E-state index in [-0.39, 0.29) is 5.41 Å². The van der Waals surface area contributed by atoms with E-state index in [9.17, 15) is 0 Å². The van der Waals surface area contributed by atoms with E-state index < -0.39 is 0 Å². The molecule has 98 valence electrons. The molecule has 0 bridgehead atoms. The van der Waals surface area contributed by atoms with Crippen LogP contribution in [-0.4, -0.2) is 4.98 Å². The zero-order valence-electron chi connectivity index (χ0n) is 11.6. The van der Waals surface area contributed by atoms with Gasteiger partial charge in [-0.25, -0.2) is 0 Å². The van der Waals surface area contributed by atoms with Crippen LogP contribution in [0.5, 0.6) is 0 Å². The Morgan fingerprint density at radius 3 is 2.74 bits per heavy atom. The predicted molar refractivity (Wildman–Crippen MR) is 77.7 cm³/mol. The maximum atomic E-state index is 4.38. The first kappa shape index (κ1) is 12.4. The molecule has 19 heavy (non-hydrogen) atoms. The molecule has 0 fully saturated rings. The van der Waals surface area contributed by atoms with Gasteiger partial charge in [0.2, 0.25) is 0 Å². The maximum Gasteiger partial charge on any atom is 0.0541 e. The first-order chi connectivity index (χ1) is 9.17.